The Hall–Kier alpha value is -1.77. The van der Waals surface area contributed by atoms with Crippen LogP contribution in [0, 0.1) is 0 Å². The van der Waals surface area contributed by atoms with E-state index in [9.17, 15) is 0 Å². The molecule has 0 amide bonds. The van der Waals surface area contributed by atoms with Gasteiger partial charge in [0.2, 0.25) is 0 Å². The third-order valence-electron chi connectivity index (χ3n) is 4.29. The fourth-order valence-electron chi connectivity index (χ4n) is 3.34. The maximum atomic E-state index is 6.58. The normalized spacial score (nSPS) is 16.7. The fourth-order valence-corrected chi connectivity index (χ4v) is 3.98. The van der Waals surface area contributed by atoms with Gasteiger partial charge in [-0.05, 0) is 41.7 Å². The molecule has 0 radical (unpaired) electrons. The van der Waals surface area contributed by atoms with Gasteiger partial charge in [-0.1, -0.05) is 47.5 Å². The first-order chi connectivity index (χ1) is 10.7. The van der Waals surface area contributed by atoms with E-state index in [0.717, 1.165) is 23.4 Å². The molecule has 2 nitrogen and oxygen atoms in total. The van der Waals surface area contributed by atoms with Crippen molar-refractivity contribution in [2.45, 2.75) is 18.9 Å². The molecular weight excluding hydrogens is 315 g/mol. The number of nitrogens with zero attached hydrogens (tertiary/aromatic N) is 2. The molecule has 4 heteroatoms. The lowest BCUT2D eigenvalue weighted by molar-refractivity contribution is 0.673. The highest BCUT2D eigenvalue weighted by atomic mass is 35.5. The standard InChI is InChI=1S/C18H14Cl2N2/c19-14-9-13-6-5-12-3-1-2-4-15(12)18(17(13)16(20)10-14)22-8-7-21-11-22/h1-4,7-11,18H,5-6H2. The van der Waals surface area contributed by atoms with E-state index in [2.05, 4.69) is 33.8 Å². The van der Waals surface area contributed by atoms with Crippen LogP contribution in [-0.4, -0.2) is 9.55 Å². The predicted molar refractivity (Wildman–Crippen MR) is 89.8 cm³/mol. The monoisotopic (exact) mass is 328 g/mol. The zero-order valence-corrected chi connectivity index (χ0v) is 13.3. The van der Waals surface area contributed by atoms with Gasteiger partial charge in [-0.3, -0.25) is 0 Å². The van der Waals surface area contributed by atoms with E-state index in [-0.39, 0.29) is 6.04 Å². The van der Waals surface area contributed by atoms with E-state index in [4.69, 9.17) is 23.2 Å². The molecule has 0 aliphatic heterocycles. The van der Waals surface area contributed by atoms with Gasteiger partial charge in [-0.25, -0.2) is 4.98 Å². The molecule has 1 aromatic heterocycles. The zero-order chi connectivity index (χ0) is 15.1. The van der Waals surface area contributed by atoms with Gasteiger partial charge >= 0.3 is 0 Å². The summed E-state index contributed by atoms with van der Waals surface area (Å²) in [5.74, 6) is 0. The largest absolute Gasteiger partial charge is 0.326 e. The Kier molecular flexibility index (Phi) is 3.44. The van der Waals surface area contributed by atoms with Gasteiger partial charge in [0, 0.05) is 28.0 Å². The van der Waals surface area contributed by atoms with E-state index in [1.54, 1.807) is 6.20 Å². The van der Waals surface area contributed by atoms with Crippen LogP contribution >= 0.6 is 23.2 Å². The molecule has 3 aromatic rings. The molecule has 2 aromatic carbocycles. The summed E-state index contributed by atoms with van der Waals surface area (Å²) in [6.07, 6.45) is 7.57. The maximum Gasteiger partial charge on any atom is 0.0954 e. The first kappa shape index (κ1) is 13.9. The molecule has 1 atom stereocenters. The summed E-state index contributed by atoms with van der Waals surface area (Å²) in [5, 5.41) is 1.41. The molecule has 22 heavy (non-hydrogen) atoms. The van der Waals surface area contributed by atoms with Crippen LogP contribution < -0.4 is 0 Å². The lowest BCUT2D eigenvalue weighted by atomic mass is 9.94. The lowest BCUT2D eigenvalue weighted by Gasteiger charge is -2.23. The Morgan fingerprint density at radius 3 is 2.68 bits per heavy atom. The number of hydrogen-bond donors (Lipinski definition) is 0. The summed E-state index contributed by atoms with van der Waals surface area (Å²) in [7, 11) is 0. The smallest absolute Gasteiger partial charge is 0.0954 e. The molecule has 0 saturated heterocycles. The summed E-state index contributed by atoms with van der Waals surface area (Å²) >= 11 is 12.8. The minimum Gasteiger partial charge on any atom is -0.326 e. The van der Waals surface area contributed by atoms with Crippen molar-refractivity contribution >= 4 is 23.2 Å². The third-order valence-corrected chi connectivity index (χ3v) is 4.82. The van der Waals surface area contributed by atoms with Crippen molar-refractivity contribution in [2.75, 3.05) is 0 Å². The highest BCUT2D eigenvalue weighted by molar-refractivity contribution is 6.35. The molecule has 1 aliphatic carbocycles. The van der Waals surface area contributed by atoms with E-state index >= 15 is 0 Å². The number of aryl methyl sites for hydroxylation is 2. The Balaban J connectivity index is 2.03. The Morgan fingerprint density at radius 1 is 1.05 bits per heavy atom. The second-order valence-electron chi connectivity index (χ2n) is 5.57. The van der Waals surface area contributed by atoms with Crippen molar-refractivity contribution in [2.24, 2.45) is 0 Å². The molecular formula is C18H14Cl2N2. The Labute approximate surface area is 139 Å². The zero-order valence-electron chi connectivity index (χ0n) is 11.8. The summed E-state index contributed by atoms with van der Waals surface area (Å²) in [6, 6.07) is 12.5. The van der Waals surface area contributed by atoms with Crippen molar-refractivity contribution in [3.63, 3.8) is 0 Å². The number of benzene rings is 2. The first-order valence-electron chi connectivity index (χ1n) is 7.27. The molecule has 0 saturated carbocycles. The summed E-state index contributed by atoms with van der Waals surface area (Å²) in [4.78, 5) is 4.21. The lowest BCUT2D eigenvalue weighted by Crippen LogP contribution is -2.13. The minimum absolute atomic E-state index is 0.0426. The van der Waals surface area contributed by atoms with Crippen molar-refractivity contribution in [3.05, 3.63) is 87.4 Å². The number of hydrogen-bond acceptors (Lipinski definition) is 1. The Morgan fingerprint density at radius 2 is 1.86 bits per heavy atom. The van der Waals surface area contributed by atoms with Crippen molar-refractivity contribution < 1.29 is 0 Å². The highest BCUT2D eigenvalue weighted by Gasteiger charge is 2.27. The predicted octanol–water partition coefficient (Wildman–Crippen LogP) is 4.93. The molecule has 110 valence electrons. The van der Waals surface area contributed by atoms with Crippen LogP contribution in [0.4, 0.5) is 0 Å². The second kappa shape index (κ2) is 5.45. The molecule has 1 unspecified atom stereocenters. The number of fused-ring (bicyclic) bond motifs is 2. The van der Waals surface area contributed by atoms with Crippen molar-refractivity contribution in [1.82, 2.24) is 9.55 Å². The minimum atomic E-state index is 0.0426. The first-order valence-corrected chi connectivity index (χ1v) is 8.02. The highest BCUT2D eigenvalue weighted by Crippen LogP contribution is 2.40. The van der Waals surface area contributed by atoms with Gasteiger partial charge in [-0.2, -0.15) is 0 Å². The van der Waals surface area contributed by atoms with Crippen LogP contribution in [0.1, 0.15) is 28.3 Å². The van der Waals surface area contributed by atoms with Crippen LogP contribution in [0.15, 0.2) is 55.1 Å². The second-order valence-corrected chi connectivity index (χ2v) is 6.42. The van der Waals surface area contributed by atoms with Crippen LogP contribution in [0.5, 0.6) is 0 Å². The maximum absolute atomic E-state index is 6.58. The number of aromatic nitrogens is 2. The molecule has 0 fully saturated rings. The molecule has 1 heterocycles. The summed E-state index contributed by atoms with van der Waals surface area (Å²) < 4.78 is 2.11. The van der Waals surface area contributed by atoms with E-state index in [0.29, 0.717) is 5.02 Å². The molecule has 1 aliphatic rings. The van der Waals surface area contributed by atoms with Gasteiger partial charge in [0.15, 0.2) is 0 Å². The van der Waals surface area contributed by atoms with Crippen LogP contribution in [-0.2, 0) is 12.8 Å². The molecule has 0 spiro atoms. The topological polar surface area (TPSA) is 17.8 Å². The van der Waals surface area contributed by atoms with E-state index in [1.165, 1.54) is 16.7 Å². The average molecular weight is 329 g/mol. The number of rotatable bonds is 1. The molecule has 4 rings (SSSR count). The van der Waals surface area contributed by atoms with Crippen molar-refractivity contribution in [3.8, 4) is 0 Å². The van der Waals surface area contributed by atoms with Gasteiger partial charge < -0.3 is 4.57 Å². The third kappa shape index (κ3) is 2.23. The van der Waals surface area contributed by atoms with Crippen LogP contribution in [0.2, 0.25) is 10.0 Å². The molecule has 0 bridgehead atoms. The SMILES string of the molecule is Clc1cc(Cl)c2c(c1)CCc1ccccc1C2n1ccnc1. The van der Waals surface area contributed by atoms with E-state index < -0.39 is 0 Å². The quantitative estimate of drug-likeness (QED) is 0.619. The van der Waals surface area contributed by atoms with E-state index in [1.807, 2.05) is 24.7 Å². The van der Waals surface area contributed by atoms with Gasteiger partial charge in [0.25, 0.3) is 0 Å². The Bertz CT molecular complexity index is 825. The van der Waals surface area contributed by atoms with Gasteiger partial charge in [-0.15, -0.1) is 0 Å². The summed E-state index contributed by atoms with van der Waals surface area (Å²) in [6.45, 7) is 0. The average Bonchev–Trinajstić information content (AvgIpc) is 2.97. The number of imidazole rings is 1. The van der Waals surface area contributed by atoms with Crippen LogP contribution in [0.25, 0.3) is 0 Å². The van der Waals surface area contributed by atoms with Crippen molar-refractivity contribution in [1.29, 1.82) is 0 Å². The van der Waals surface area contributed by atoms with Crippen LogP contribution in [0.3, 0.4) is 0 Å². The molecule has 0 N–H and O–H groups in total. The van der Waals surface area contributed by atoms with Gasteiger partial charge in [0.1, 0.15) is 0 Å². The number of halogens is 2. The van der Waals surface area contributed by atoms with Gasteiger partial charge in [0.05, 0.1) is 12.4 Å². The fraction of sp³-hybridized carbons (Fsp3) is 0.167. The summed E-state index contributed by atoms with van der Waals surface area (Å²) in [5.41, 5.74) is 4.98.